The second kappa shape index (κ2) is 7.84. The summed E-state index contributed by atoms with van der Waals surface area (Å²) in [5, 5.41) is 2.20. The zero-order chi connectivity index (χ0) is 21.5. The van der Waals surface area contributed by atoms with Gasteiger partial charge in [-0.3, -0.25) is 0 Å². The van der Waals surface area contributed by atoms with Gasteiger partial charge in [-0.15, -0.1) is 0 Å². The van der Waals surface area contributed by atoms with E-state index in [1.165, 1.54) is 0 Å². The van der Waals surface area contributed by atoms with Crippen molar-refractivity contribution >= 4 is 43.4 Å². The summed E-state index contributed by atoms with van der Waals surface area (Å²) >= 11 is 3.56. The second-order valence-electron chi connectivity index (χ2n) is 7.78. The Labute approximate surface area is 193 Å². The molecule has 0 radical (unpaired) electrons. The fourth-order valence-corrected chi connectivity index (χ4v) is 4.46. The van der Waals surface area contributed by atoms with E-state index in [-0.39, 0.29) is 0 Å². The number of halogens is 1. The van der Waals surface area contributed by atoms with E-state index in [0.717, 1.165) is 61.8 Å². The monoisotopic (exact) mass is 479 g/mol. The van der Waals surface area contributed by atoms with Crippen LogP contribution in [0.1, 0.15) is 18.7 Å². The highest BCUT2D eigenvalue weighted by Gasteiger charge is 2.16. The van der Waals surface area contributed by atoms with Gasteiger partial charge in [0.2, 0.25) is 0 Å². The lowest BCUT2D eigenvalue weighted by Gasteiger charge is -2.11. The highest BCUT2D eigenvalue weighted by Crippen LogP contribution is 2.32. The van der Waals surface area contributed by atoms with Crippen molar-refractivity contribution in [2.24, 2.45) is 0 Å². The van der Waals surface area contributed by atoms with Gasteiger partial charge in [0, 0.05) is 26.4 Å². The molecule has 3 aromatic carbocycles. The summed E-state index contributed by atoms with van der Waals surface area (Å²) < 4.78 is 7.08. The number of fused-ring (bicyclic) bond motifs is 3. The molecule has 6 rings (SSSR count). The van der Waals surface area contributed by atoms with Crippen molar-refractivity contribution < 1.29 is 4.42 Å². The van der Waals surface area contributed by atoms with E-state index in [1.54, 1.807) is 0 Å². The molecule has 32 heavy (non-hydrogen) atoms. The number of hydrogen-bond donors (Lipinski definition) is 0. The summed E-state index contributed by atoms with van der Waals surface area (Å²) in [6.45, 7) is 0. The van der Waals surface area contributed by atoms with Gasteiger partial charge in [0.05, 0.1) is 0 Å². The van der Waals surface area contributed by atoms with Gasteiger partial charge in [-0.05, 0) is 48.7 Å². The smallest absolute Gasteiger partial charge is 0.164 e. The standard InChI is InChI=1S/C27H18BrN3O/c28-20-10-6-9-18(15-20)26-29-25(17-7-2-1-3-8-17)30-27(31-26)19-13-14-22-21-11-4-5-12-23(21)32-24(22)16-19/h1-2,4-7,9-16H,3,8H2. The van der Waals surface area contributed by atoms with Crippen molar-refractivity contribution in [2.75, 3.05) is 0 Å². The average Bonchev–Trinajstić information content (AvgIpc) is 3.22. The Morgan fingerprint density at radius 3 is 2.31 bits per heavy atom. The van der Waals surface area contributed by atoms with Crippen LogP contribution in [-0.2, 0) is 0 Å². The molecule has 1 aliphatic carbocycles. The molecule has 1 aliphatic rings. The summed E-state index contributed by atoms with van der Waals surface area (Å²) in [5.74, 6) is 2.02. The van der Waals surface area contributed by atoms with Crippen LogP contribution in [-0.4, -0.2) is 15.0 Å². The van der Waals surface area contributed by atoms with Crippen LogP contribution in [0, 0.1) is 0 Å². The van der Waals surface area contributed by atoms with Crippen LogP contribution < -0.4 is 0 Å². The number of allylic oxidation sites excluding steroid dienone is 4. The minimum absolute atomic E-state index is 0.641. The maximum absolute atomic E-state index is 6.09. The van der Waals surface area contributed by atoms with Gasteiger partial charge in [0.25, 0.3) is 0 Å². The van der Waals surface area contributed by atoms with Crippen LogP contribution in [0.15, 0.2) is 93.8 Å². The minimum Gasteiger partial charge on any atom is -0.456 e. The van der Waals surface area contributed by atoms with Gasteiger partial charge in [-0.2, -0.15) is 0 Å². The quantitative estimate of drug-likeness (QED) is 0.267. The zero-order valence-electron chi connectivity index (χ0n) is 17.1. The van der Waals surface area contributed by atoms with Crippen LogP contribution in [0.5, 0.6) is 0 Å². The molecule has 0 aliphatic heterocycles. The molecular formula is C27H18BrN3O. The van der Waals surface area contributed by atoms with E-state index in [1.807, 2.05) is 48.5 Å². The second-order valence-corrected chi connectivity index (χ2v) is 8.70. The number of aromatic nitrogens is 3. The first-order valence-corrected chi connectivity index (χ1v) is 11.3. The van der Waals surface area contributed by atoms with Gasteiger partial charge in [-0.1, -0.05) is 70.6 Å². The average molecular weight is 480 g/mol. The maximum Gasteiger partial charge on any atom is 0.164 e. The molecule has 2 aromatic heterocycles. The Morgan fingerprint density at radius 1 is 0.719 bits per heavy atom. The molecule has 5 aromatic rings. The van der Waals surface area contributed by atoms with E-state index in [9.17, 15) is 0 Å². The molecule has 0 N–H and O–H groups in total. The van der Waals surface area contributed by atoms with Crippen LogP contribution in [0.3, 0.4) is 0 Å². The first kappa shape index (κ1) is 19.1. The SMILES string of the molecule is Brc1cccc(-c2nc(C3=CC=CCC3)nc(-c3ccc4c(c3)oc3ccccc34)n2)c1. The molecule has 0 unspecified atom stereocenters. The fraction of sp³-hybridized carbons (Fsp3) is 0.0741. The van der Waals surface area contributed by atoms with Crippen LogP contribution in [0.25, 0.3) is 50.3 Å². The first-order chi connectivity index (χ1) is 15.7. The predicted octanol–water partition coefficient (Wildman–Crippen LogP) is 7.60. The lowest BCUT2D eigenvalue weighted by atomic mass is 10.0. The van der Waals surface area contributed by atoms with E-state index in [0.29, 0.717) is 11.6 Å². The highest BCUT2D eigenvalue weighted by molar-refractivity contribution is 9.10. The molecule has 154 valence electrons. The normalized spacial score (nSPS) is 13.6. The Kier molecular flexibility index (Phi) is 4.69. The van der Waals surface area contributed by atoms with Crippen LogP contribution in [0.2, 0.25) is 0 Å². The first-order valence-electron chi connectivity index (χ1n) is 10.5. The number of nitrogens with zero attached hydrogens (tertiary/aromatic N) is 3. The van der Waals surface area contributed by atoms with E-state index < -0.39 is 0 Å². The summed E-state index contributed by atoms with van der Waals surface area (Å²) in [6.07, 6.45) is 8.23. The number of benzene rings is 3. The molecule has 0 amide bonds. The predicted molar refractivity (Wildman–Crippen MR) is 132 cm³/mol. The van der Waals surface area contributed by atoms with Gasteiger partial charge in [-0.25, -0.2) is 15.0 Å². The largest absolute Gasteiger partial charge is 0.456 e. The molecule has 0 fully saturated rings. The third-order valence-corrected chi connectivity index (χ3v) is 6.15. The Hall–Kier alpha value is -3.57. The van der Waals surface area contributed by atoms with Gasteiger partial charge < -0.3 is 4.42 Å². The summed E-state index contributed by atoms with van der Waals surface area (Å²) in [4.78, 5) is 14.5. The molecule has 2 heterocycles. The Bertz CT molecular complexity index is 1550. The maximum atomic E-state index is 6.09. The van der Waals surface area contributed by atoms with Crippen molar-refractivity contribution in [3.8, 4) is 22.8 Å². The zero-order valence-corrected chi connectivity index (χ0v) is 18.7. The molecule has 0 atom stereocenters. The van der Waals surface area contributed by atoms with Crippen molar-refractivity contribution in [2.45, 2.75) is 12.8 Å². The van der Waals surface area contributed by atoms with E-state index in [2.05, 4.69) is 52.4 Å². The van der Waals surface area contributed by atoms with Crippen molar-refractivity contribution in [1.29, 1.82) is 0 Å². The summed E-state index contributed by atoms with van der Waals surface area (Å²) in [6, 6.07) is 22.3. The van der Waals surface area contributed by atoms with E-state index >= 15 is 0 Å². The van der Waals surface area contributed by atoms with Crippen molar-refractivity contribution in [1.82, 2.24) is 15.0 Å². The Morgan fingerprint density at radius 2 is 1.50 bits per heavy atom. The van der Waals surface area contributed by atoms with Gasteiger partial charge in [0.15, 0.2) is 17.5 Å². The number of rotatable bonds is 3. The fourth-order valence-electron chi connectivity index (χ4n) is 4.06. The highest BCUT2D eigenvalue weighted by atomic mass is 79.9. The van der Waals surface area contributed by atoms with E-state index in [4.69, 9.17) is 19.4 Å². The lowest BCUT2D eigenvalue weighted by Crippen LogP contribution is -2.03. The summed E-state index contributed by atoms with van der Waals surface area (Å²) in [5.41, 5.74) is 4.68. The lowest BCUT2D eigenvalue weighted by molar-refractivity contribution is 0.669. The van der Waals surface area contributed by atoms with Gasteiger partial charge in [0.1, 0.15) is 11.2 Å². The number of hydrogen-bond acceptors (Lipinski definition) is 4. The van der Waals surface area contributed by atoms with Crippen LogP contribution in [0.4, 0.5) is 0 Å². The van der Waals surface area contributed by atoms with Crippen LogP contribution >= 0.6 is 15.9 Å². The molecule has 0 saturated heterocycles. The summed E-state index contributed by atoms with van der Waals surface area (Å²) in [7, 11) is 0. The molecular weight excluding hydrogens is 462 g/mol. The molecule has 0 spiro atoms. The van der Waals surface area contributed by atoms with Gasteiger partial charge >= 0.3 is 0 Å². The Balaban J connectivity index is 1.54. The molecule has 0 saturated carbocycles. The molecule has 4 nitrogen and oxygen atoms in total. The molecule has 5 heteroatoms. The minimum atomic E-state index is 0.641. The third-order valence-electron chi connectivity index (χ3n) is 5.66. The molecule has 0 bridgehead atoms. The third kappa shape index (κ3) is 3.45. The van der Waals surface area contributed by atoms with Crippen molar-refractivity contribution in [3.63, 3.8) is 0 Å². The number of para-hydroxylation sites is 1. The number of furan rings is 1. The topological polar surface area (TPSA) is 51.8 Å². The van der Waals surface area contributed by atoms with Crippen molar-refractivity contribution in [3.05, 3.63) is 95.3 Å².